The lowest BCUT2D eigenvalue weighted by Gasteiger charge is -2.03. The molecule has 0 atom stereocenters. The van der Waals surface area contributed by atoms with Crippen LogP contribution in [0.15, 0.2) is 24.4 Å². The van der Waals surface area contributed by atoms with Crippen molar-refractivity contribution in [1.29, 1.82) is 0 Å². The molecule has 0 aliphatic heterocycles. The first-order valence-corrected chi connectivity index (χ1v) is 5.43. The number of fused-ring (bicyclic) bond motifs is 3. The largest absolute Gasteiger partial charge is 0.465 e. The Morgan fingerprint density at radius 2 is 2.24 bits per heavy atom. The van der Waals surface area contributed by atoms with Crippen LogP contribution in [0.2, 0.25) is 0 Å². The van der Waals surface area contributed by atoms with Crippen LogP contribution in [0, 0.1) is 0 Å². The van der Waals surface area contributed by atoms with Crippen molar-refractivity contribution >= 4 is 5.97 Å². The predicted molar refractivity (Wildman–Crippen MR) is 62.8 cm³/mol. The van der Waals surface area contributed by atoms with Crippen LogP contribution in [0.5, 0.6) is 0 Å². The van der Waals surface area contributed by atoms with Crippen LogP contribution in [0.3, 0.4) is 0 Å². The van der Waals surface area contributed by atoms with Crippen molar-refractivity contribution in [2.75, 3.05) is 7.11 Å². The number of aromatic nitrogens is 2. The lowest BCUT2D eigenvalue weighted by atomic mass is 10.1. The number of carbonyl (C=O) groups is 1. The Hall–Kier alpha value is -2.10. The molecule has 0 saturated heterocycles. The van der Waals surface area contributed by atoms with Crippen LogP contribution >= 0.6 is 0 Å². The van der Waals surface area contributed by atoms with Crippen LogP contribution in [0.4, 0.5) is 0 Å². The molecule has 1 aliphatic rings. The van der Waals surface area contributed by atoms with Gasteiger partial charge in [-0.05, 0) is 17.7 Å². The van der Waals surface area contributed by atoms with Crippen molar-refractivity contribution in [2.24, 2.45) is 7.05 Å². The minimum Gasteiger partial charge on any atom is -0.465 e. The molecule has 0 fully saturated rings. The summed E-state index contributed by atoms with van der Waals surface area (Å²) in [4.78, 5) is 11.5. The van der Waals surface area contributed by atoms with Gasteiger partial charge in [0.15, 0.2) is 0 Å². The van der Waals surface area contributed by atoms with E-state index in [4.69, 9.17) is 4.74 Å². The highest BCUT2D eigenvalue weighted by molar-refractivity contribution is 5.92. The molecule has 4 nitrogen and oxygen atoms in total. The van der Waals surface area contributed by atoms with Gasteiger partial charge in [0.25, 0.3) is 0 Å². The molecule has 0 bridgehead atoms. The third-order valence-electron chi connectivity index (χ3n) is 3.07. The van der Waals surface area contributed by atoms with E-state index >= 15 is 0 Å². The molecule has 0 unspecified atom stereocenters. The van der Waals surface area contributed by atoms with Gasteiger partial charge in [-0.15, -0.1) is 0 Å². The lowest BCUT2D eigenvalue weighted by molar-refractivity contribution is 0.0601. The predicted octanol–water partition coefficient (Wildman–Crippen LogP) is 1.78. The quantitative estimate of drug-likeness (QED) is 0.596. The number of carbonyl (C=O) groups excluding carboxylic acids is 1. The molecule has 4 heteroatoms. The number of rotatable bonds is 1. The Morgan fingerprint density at radius 3 is 3.00 bits per heavy atom. The summed E-state index contributed by atoms with van der Waals surface area (Å²) in [5, 5.41) is 4.42. The molecule has 1 aliphatic carbocycles. The summed E-state index contributed by atoms with van der Waals surface area (Å²) in [5.74, 6) is -0.308. The van der Waals surface area contributed by atoms with Crippen molar-refractivity contribution in [2.45, 2.75) is 6.42 Å². The summed E-state index contributed by atoms with van der Waals surface area (Å²) in [7, 11) is 3.30. The lowest BCUT2D eigenvalue weighted by Crippen LogP contribution is -2.01. The van der Waals surface area contributed by atoms with Crippen LogP contribution in [0.1, 0.15) is 21.5 Å². The van der Waals surface area contributed by atoms with E-state index in [1.165, 1.54) is 18.2 Å². The highest BCUT2D eigenvalue weighted by atomic mass is 16.5. The fraction of sp³-hybridized carbons (Fsp3) is 0.231. The van der Waals surface area contributed by atoms with Crippen LogP contribution in [-0.4, -0.2) is 22.9 Å². The van der Waals surface area contributed by atoms with Crippen molar-refractivity contribution in [3.8, 4) is 11.3 Å². The molecule has 1 aromatic carbocycles. The Kier molecular flexibility index (Phi) is 2.04. The monoisotopic (exact) mass is 228 g/mol. The summed E-state index contributed by atoms with van der Waals surface area (Å²) < 4.78 is 6.53. The van der Waals surface area contributed by atoms with Gasteiger partial charge in [0.05, 0.1) is 18.4 Å². The Morgan fingerprint density at radius 1 is 1.41 bits per heavy atom. The average molecular weight is 228 g/mol. The second-order valence-corrected chi connectivity index (χ2v) is 4.22. The summed E-state index contributed by atoms with van der Waals surface area (Å²) in [6.45, 7) is 0. The minimum absolute atomic E-state index is 0.308. The Labute approximate surface area is 98.8 Å². The van der Waals surface area contributed by atoms with Crippen LogP contribution in [-0.2, 0) is 18.2 Å². The fourth-order valence-corrected chi connectivity index (χ4v) is 2.29. The number of hydrogen-bond acceptors (Lipinski definition) is 3. The van der Waals surface area contributed by atoms with Gasteiger partial charge in [-0.3, -0.25) is 4.68 Å². The maximum atomic E-state index is 11.5. The van der Waals surface area contributed by atoms with E-state index in [9.17, 15) is 4.79 Å². The van der Waals surface area contributed by atoms with Gasteiger partial charge in [0.2, 0.25) is 0 Å². The molecule has 86 valence electrons. The van der Waals surface area contributed by atoms with E-state index in [0.717, 1.165) is 17.7 Å². The molecule has 0 saturated carbocycles. The highest BCUT2D eigenvalue weighted by Gasteiger charge is 2.23. The number of nitrogens with zero attached hydrogens (tertiary/aromatic N) is 2. The second kappa shape index (κ2) is 3.45. The zero-order valence-corrected chi connectivity index (χ0v) is 9.73. The third-order valence-corrected chi connectivity index (χ3v) is 3.07. The summed E-state index contributed by atoms with van der Waals surface area (Å²) in [6, 6.07) is 5.64. The van der Waals surface area contributed by atoms with Gasteiger partial charge in [-0.25, -0.2) is 4.79 Å². The van der Waals surface area contributed by atoms with Gasteiger partial charge >= 0.3 is 5.97 Å². The van der Waals surface area contributed by atoms with E-state index < -0.39 is 0 Å². The van der Waals surface area contributed by atoms with Gasteiger partial charge in [0, 0.05) is 30.8 Å². The van der Waals surface area contributed by atoms with Crippen molar-refractivity contribution in [3.05, 3.63) is 41.1 Å². The first-order valence-electron chi connectivity index (χ1n) is 5.43. The Bertz CT molecular complexity index is 614. The summed E-state index contributed by atoms with van der Waals surface area (Å²) in [5.41, 5.74) is 5.03. The summed E-state index contributed by atoms with van der Waals surface area (Å²) >= 11 is 0. The molecule has 0 amide bonds. The highest BCUT2D eigenvalue weighted by Crippen LogP contribution is 2.35. The number of methoxy groups -OCH3 is 1. The van der Waals surface area contributed by atoms with Crippen LogP contribution < -0.4 is 0 Å². The second-order valence-electron chi connectivity index (χ2n) is 4.22. The fourth-order valence-electron chi connectivity index (χ4n) is 2.29. The SMILES string of the molecule is COC(=O)c1ccc2c(c1)-c1nn(C)cc1C2. The molecule has 0 N–H and O–H groups in total. The van der Waals surface area contributed by atoms with Gasteiger partial charge < -0.3 is 4.74 Å². The molecule has 3 rings (SSSR count). The van der Waals surface area contributed by atoms with E-state index in [1.54, 1.807) is 10.7 Å². The van der Waals surface area contributed by atoms with E-state index in [1.807, 2.05) is 25.4 Å². The van der Waals surface area contributed by atoms with Crippen molar-refractivity contribution in [3.63, 3.8) is 0 Å². The zero-order chi connectivity index (χ0) is 12.0. The molecule has 0 radical (unpaired) electrons. The third kappa shape index (κ3) is 1.45. The number of aryl methyl sites for hydroxylation is 1. The number of benzene rings is 1. The van der Waals surface area contributed by atoms with Crippen molar-refractivity contribution in [1.82, 2.24) is 9.78 Å². The van der Waals surface area contributed by atoms with E-state index in [0.29, 0.717) is 5.56 Å². The maximum absolute atomic E-state index is 11.5. The molecule has 1 heterocycles. The first-order chi connectivity index (χ1) is 8.19. The number of esters is 1. The standard InChI is InChI=1S/C13H12N2O2/c1-15-7-10-5-8-3-4-9(13(16)17-2)6-11(8)12(10)14-15/h3-4,6-7H,5H2,1-2H3. The van der Waals surface area contributed by atoms with E-state index in [2.05, 4.69) is 5.10 Å². The normalized spacial score (nSPS) is 12.1. The first kappa shape index (κ1) is 10.1. The molecule has 2 aromatic rings. The number of ether oxygens (including phenoxy) is 1. The van der Waals surface area contributed by atoms with Gasteiger partial charge in [0.1, 0.15) is 0 Å². The molecule has 0 spiro atoms. The molecular weight excluding hydrogens is 216 g/mol. The average Bonchev–Trinajstić information content (AvgIpc) is 2.83. The van der Waals surface area contributed by atoms with E-state index in [-0.39, 0.29) is 5.97 Å². The van der Waals surface area contributed by atoms with Crippen molar-refractivity contribution < 1.29 is 9.53 Å². The molecular formula is C13H12N2O2. The molecule has 1 aromatic heterocycles. The maximum Gasteiger partial charge on any atom is 0.337 e. The minimum atomic E-state index is -0.308. The molecule has 17 heavy (non-hydrogen) atoms. The summed E-state index contributed by atoms with van der Waals surface area (Å²) in [6.07, 6.45) is 2.91. The topological polar surface area (TPSA) is 44.1 Å². The van der Waals surface area contributed by atoms with Crippen LogP contribution in [0.25, 0.3) is 11.3 Å². The Balaban J connectivity index is 2.13. The van der Waals surface area contributed by atoms with Gasteiger partial charge in [-0.1, -0.05) is 6.07 Å². The number of hydrogen-bond donors (Lipinski definition) is 0. The zero-order valence-electron chi connectivity index (χ0n) is 9.73. The van der Waals surface area contributed by atoms with Gasteiger partial charge in [-0.2, -0.15) is 5.10 Å². The smallest absolute Gasteiger partial charge is 0.337 e.